The molecular formula is C13H23NO2. The number of amides is 1. The maximum Gasteiger partial charge on any atom is 0.222 e. The topological polar surface area (TPSA) is 37.4 Å². The molecule has 92 valence electrons. The summed E-state index contributed by atoms with van der Waals surface area (Å²) < 4.78 is 0. The highest BCUT2D eigenvalue weighted by molar-refractivity contribution is 5.80. The Labute approximate surface area is 98.2 Å². The average molecular weight is 225 g/mol. The third-order valence-electron chi connectivity index (χ3n) is 3.23. The molecule has 3 heteroatoms. The Bertz CT molecular complexity index is 261. The van der Waals surface area contributed by atoms with Crippen LogP contribution >= 0.6 is 0 Å². The van der Waals surface area contributed by atoms with Crippen LogP contribution in [0.4, 0.5) is 0 Å². The predicted octanol–water partition coefficient (Wildman–Crippen LogP) is 2.39. The lowest BCUT2D eigenvalue weighted by Crippen LogP contribution is -2.34. The van der Waals surface area contributed by atoms with Gasteiger partial charge in [0.2, 0.25) is 5.91 Å². The fourth-order valence-corrected chi connectivity index (χ4v) is 2.20. The van der Waals surface area contributed by atoms with Gasteiger partial charge in [-0.3, -0.25) is 9.59 Å². The molecule has 0 aromatic carbocycles. The maximum atomic E-state index is 11.7. The lowest BCUT2D eigenvalue weighted by Gasteiger charge is -2.25. The molecule has 16 heavy (non-hydrogen) atoms. The lowest BCUT2D eigenvalue weighted by molar-refractivity contribution is -0.129. The number of nitrogens with zero attached hydrogens (tertiary/aromatic N) is 1. The minimum atomic E-state index is 0.169. The molecule has 0 spiro atoms. The van der Waals surface area contributed by atoms with Gasteiger partial charge in [-0.05, 0) is 32.1 Å². The van der Waals surface area contributed by atoms with Crippen molar-refractivity contribution in [1.82, 2.24) is 4.90 Å². The number of carbonyl (C=O) groups excluding carboxylic acids is 2. The minimum absolute atomic E-state index is 0.169. The number of likely N-dealkylation sites (tertiary alicyclic amines) is 1. The van der Waals surface area contributed by atoms with Crippen molar-refractivity contribution in [2.24, 2.45) is 5.92 Å². The standard InChI is InChI=1S/C13H23NO2/c1-10(2)4-5-12-6-7-13(16)14(12)9-8-11(3)15/h10,12H,4-9H2,1-3H3. The summed E-state index contributed by atoms with van der Waals surface area (Å²) in [6.45, 7) is 6.62. The second-order valence-electron chi connectivity index (χ2n) is 5.20. The average Bonchev–Trinajstić information content (AvgIpc) is 2.53. The Hall–Kier alpha value is -0.860. The second kappa shape index (κ2) is 6.02. The molecule has 0 bridgehead atoms. The number of hydrogen-bond acceptors (Lipinski definition) is 2. The minimum Gasteiger partial charge on any atom is -0.339 e. The zero-order chi connectivity index (χ0) is 12.1. The highest BCUT2D eigenvalue weighted by atomic mass is 16.2. The first-order valence-corrected chi connectivity index (χ1v) is 6.29. The van der Waals surface area contributed by atoms with E-state index in [1.807, 2.05) is 4.90 Å². The summed E-state index contributed by atoms with van der Waals surface area (Å²) in [5.74, 6) is 1.09. The molecule has 1 aliphatic rings. The first-order chi connectivity index (χ1) is 7.50. The largest absolute Gasteiger partial charge is 0.339 e. The summed E-state index contributed by atoms with van der Waals surface area (Å²) >= 11 is 0. The lowest BCUT2D eigenvalue weighted by atomic mass is 10.0. The molecule has 0 radical (unpaired) electrons. The second-order valence-corrected chi connectivity index (χ2v) is 5.20. The van der Waals surface area contributed by atoms with Gasteiger partial charge in [-0.1, -0.05) is 13.8 Å². The number of Topliss-reactive ketones (excluding diaryl/α,β-unsaturated/α-hetero) is 1. The molecular weight excluding hydrogens is 202 g/mol. The van der Waals surface area contributed by atoms with Gasteiger partial charge in [0.25, 0.3) is 0 Å². The van der Waals surface area contributed by atoms with E-state index in [2.05, 4.69) is 13.8 Å². The van der Waals surface area contributed by atoms with Crippen molar-refractivity contribution in [2.75, 3.05) is 6.54 Å². The van der Waals surface area contributed by atoms with E-state index < -0.39 is 0 Å². The van der Waals surface area contributed by atoms with Crippen LogP contribution in [0, 0.1) is 5.92 Å². The van der Waals surface area contributed by atoms with Gasteiger partial charge >= 0.3 is 0 Å². The molecule has 1 atom stereocenters. The fourth-order valence-electron chi connectivity index (χ4n) is 2.20. The molecule has 1 rings (SSSR count). The van der Waals surface area contributed by atoms with E-state index in [4.69, 9.17) is 0 Å². The molecule has 1 heterocycles. The SMILES string of the molecule is CC(=O)CCN1C(=O)CCC1CCC(C)C. The van der Waals surface area contributed by atoms with Crippen LogP contribution in [0.3, 0.4) is 0 Å². The van der Waals surface area contributed by atoms with Crippen molar-refractivity contribution in [1.29, 1.82) is 0 Å². The fraction of sp³-hybridized carbons (Fsp3) is 0.846. The van der Waals surface area contributed by atoms with Gasteiger partial charge in [0.1, 0.15) is 5.78 Å². The summed E-state index contributed by atoms with van der Waals surface area (Å²) in [5.41, 5.74) is 0. The van der Waals surface area contributed by atoms with E-state index in [0.717, 1.165) is 19.3 Å². The molecule has 0 aliphatic carbocycles. The zero-order valence-electron chi connectivity index (χ0n) is 10.7. The Balaban J connectivity index is 2.42. The van der Waals surface area contributed by atoms with Gasteiger partial charge in [-0.15, -0.1) is 0 Å². The summed E-state index contributed by atoms with van der Waals surface area (Å²) in [6, 6.07) is 0.384. The molecule has 0 N–H and O–H groups in total. The first kappa shape index (κ1) is 13.2. The van der Waals surface area contributed by atoms with Crippen LogP contribution in [-0.2, 0) is 9.59 Å². The third-order valence-corrected chi connectivity index (χ3v) is 3.23. The molecule has 1 saturated heterocycles. The molecule has 1 unspecified atom stereocenters. The van der Waals surface area contributed by atoms with Crippen LogP contribution < -0.4 is 0 Å². The summed E-state index contributed by atoms with van der Waals surface area (Å²) in [4.78, 5) is 24.5. The van der Waals surface area contributed by atoms with Crippen LogP contribution in [0.25, 0.3) is 0 Å². The number of hydrogen-bond donors (Lipinski definition) is 0. The summed E-state index contributed by atoms with van der Waals surface area (Å²) in [6.07, 6.45) is 4.39. The van der Waals surface area contributed by atoms with Crippen LogP contribution in [0.1, 0.15) is 52.9 Å². The van der Waals surface area contributed by atoms with E-state index in [1.54, 1.807) is 6.92 Å². The van der Waals surface area contributed by atoms with Gasteiger partial charge in [-0.2, -0.15) is 0 Å². The zero-order valence-corrected chi connectivity index (χ0v) is 10.7. The monoisotopic (exact) mass is 225 g/mol. The number of carbonyl (C=O) groups is 2. The Morgan fingerprint density at radius 3 is 2.75 bits per heavy atom. The van der Waals surface area contributed by atoms with Crippen molar-refractivity contribution in [2.45, 2.75) is 58.9 Å². The van der Waals surface area contributed by atoms with E-state index in [1.165, 1.54) is 0 Å². The highest BCUT2D eigenvalue weighted by Gasteiger charge is 2.30. The van der Waals surface area contributed by atoms with Gasteiger partial charge in [0, 0.05) is 25.4 Å². The molecule has 1 fully saturated rings. The van der Waals surface area contributed by atoms with E-state index in [0.29, 0.717) is 31.3 Å². The van der Waals surface area contributed by atoms with Crippen molar-refractivity contribution >= 4 is 11.7 Å². The Morgan fingerprint density at radius 1 is 1.50 bits per heavy atom. The van der Waals surface area contributed by atoms with Crippen molar-refractivity contribution in [3.8, 4) is 0 Å². The third kappa shape index (κ3) is 3.95. The predicted molar refractivity (Wildman–Crippen MR) is 64.1 cm³/mol. The Kier molecular flexibility index (Phi) is 4.97. The molecule has 1 aliphatic heterocycles. The molecule has 0 saturated carbocycles. The molecule has 0 aromatic rings. The maximum absolute atomic E-state index is 11.7. The first-order valence-electron chi connectivity index (χ1n) is 6.29. The van der Waals surface area contributed by atoms with Crippen LogP contribution in [0.5, 0.6) is 0 Å². The molecule has 1 amide bonds. The molecule has 3 nitrogen and oxygen atoms in total. The van der Waals surface area contributed by atoms with Crippen molar-refractivity contribution in [3.63, 3.8) is 0 Å². The summed E-state index contributed by atoms with van der Waals surface area (Å²) in [7, 11) is 0. The van der Waals surface area contributed by atoms with Crippen LogP contribution in [0.2, 0.25) is 0 Å². The smallest absolute Gasteiger partial charge is 0.222 e. The van der Waals surface area contributed by atoms with Gasteiger partial charge in [0.15, 0.2) is 0 Å². The van der Waals surface area contributed by atoms with Crippen molar-refractivity contribution in [3.05, 3.63) is 0 Å². The Morgan fingerprint density at radius 2 is 2.19 bits per heavy atom. The molecule has 0 aromatic heterocycles. The van der Waals surface area contributed by atoms with E-state index >= 15 is 0 Å². The van der Waals surface area contributed by atoms with Crippen LogP contribution in [-0.4, -0.2) is 29.2 Å². The normalized spacial score (nSPS) is 20.9. The van der Waals surface area contributed by atoms with E-state index in [9.17, 15) is 9.59 Å². The number of ketones is 1. The number of rotatable bonds is 6. The van der Waals surface area contributed by atoms with Crippen molar-refractivity contribution < 1.29 is 9.59 Å². The quantitative estimate of drug-likeness (QED) is 0.696. The van der Waals surface area contributed by atoms with Crippen LogP contribution in [0.15, 0.2) is 0 Å². The van der Waals surface area contributed by atoms with Gasteiger partial charge in [-0.25, -0.2) is 0 Å². The highest BCUT2D eigenvalue weighted by Crippen LogP contribution is 2.24. The van der Waals surface area contributed by atoms with Gasteiger partial charge in [0.05, 0.1) is 0 Å². The summed E-state index contributed by atoms with van der Waals surface area (Å²) in [5, 5.41) is 0. The van der Waals surface area contributed by atoms with Gasteiger partial charge < -0.3 is 4.90 Å². The van der Waals surface area contributed by atoms with E-state index in [-0.39, 0.29) is 11.7 Å².